The molecule has 0 unspecified atom stereocenters. The molecule has 0 spiro atoms. The first kappa shape index (κ1) is 15.1. The normalized spacial score (nSPS) is 10.2. The van der Waals surface area contributed by atoms with Gasteiger partial charge in [-0.25, -0.2) is 0 Å². The van der Waals surface area contributed by atoms with E-state index in [1.165, 1.54) is 6.92 Å². The second kappa shape index (κ2) is 6.41. The molecule has 2 N–H and O–H groups in total. The number of rotatable bonds is 4. The average Bonchev–Trinajstić information content (AvgIpc) is 2.82. The molecule has 2 rings (SSSR count). The number of aryl methyl sites for hydroxylation is 1. The maximum atomic E-state index is 12.1. The second-order valence-corrected chi connectivity index (χ2v) is 4.80. The Hall–Kier alpha value is -2.34. The van der Waals surface area contributed by atoms with Crippen molar-refractivity contribution in [3.05, 3.63) is 41.2 Å². The molecular formula is C14H15ClN4O2. The Bertz CT molecular complexity index is 664. The monoisotopic (exact) mass is 306 g/mol. The molecule has 1 aromatic heterocycles. The molecular weight excluding hydrogens is 292 g/mol. The number of benzene rings is 1. The average molecular weight is 307 g/mol. The van der Waals surface area contributed by atoms with Crippen molar-refractivity contribution in [1.82, 2.24) is 9.78 Å². The van der Waals surface area contributed by atoms with Crippen LogP contribution in [0.4, 0.5) is 11.4 Å². The Morgan fingerprint density at radius 1 is 1.19 bits per heavy atom. The molecule has 6 nitrogen and oxygen atoms in total. The van der Waals surface area contributed by atoms with Crippen LogP contribution in [0.2, 0.25) is 5.02 Å². The lowest BCUT2D eigenvalue weighted by molar-refractivity contribution is -0.114. The van der Waals surface area contributed by atoms with Gasteiger partial charge in [0, 0.05) is 31.0 Å². The number of anilines is 2. The minimum atomic E-state index is -0.375. The summed E-state index contributed by atoms with van der Waals surface area (Å²) in [7, 11) is 0. The molecule has 110 valence electrons. The summed E-state index contributed by atoms with van der Waals surface area (Å²) < 4.78 is 1.59. The van der Waals surface area contributed by atoms with Crippen molar-refractivity contribution in [1.29, 1.82) is 0 Å². The minimum Gasteiger partial charge on any atom is -0.326 e. The Labute approximate surface area is 127 Å². The standard InChI is InChI=1S/C14H15ClN4O2/c1-3-19-8-12(15)13(18-19)14(21)17-11-6-4-10(5-7-11)16-9(2)20/h4-8H,3H2,1-2H3,(H,16,20)(H,17,21). The van der Waals surface area contributed by atoms with Crippen molar-refractivity contribution in [2.45, 2.75) is 20.4 Å². The van der Waals surface area contributed by atoms with Crippen LogP contribution in [0.25, 0.3) is 0 Å². The van der Waals surface area contributed by atoms with Crippen molar-refractivity contribution in [3.8, 4) is 0 Å². The van der Waals surface area contributed by atoms with E-state index in [2.05, 4.69) is 15.7 Å². The predicted molar refractivity (Wildman–Crippen MR) is 81.6 cm³/mol. The van der Waals surface area contributed by atoms with Crippen LogP contribution in [0.3, 0.4) is 0 Å². The Morgan fingerprint density at radius 3 is 2.24 bits per heavy atom. The van der Waals surface area contributed by atoms with Crippen molar-refractivity contribution in [2.75, 3.05) is 10.6 Å². The fourth-order valence-electron chi connectivity index (χ4n) is 1.74. The smallest absolute Gasteiger partial charge is 0.277 e. The summed E-state index contributed by atoms with van der Waals surface area (Å²) in [6, 6.07) is 6.77. The quantitative estimate of drug-likeness (QED) is 0.912. The Morgan fingerprint density at radius 2 is 1.76 bits per heavy atom. The molecule has 7 heteroatoms. The van der Waals surface area contributed by atoms with Crippen molar-refractivity contribution in [2.24, 2.45) is 0 Å². The van der Waals surface area contributed by atoms with Gasteiger partial charge in [-0.15, -0.1) is 0 Å². The van der Waals surface area contributed by atoms with Crippen molar-refractivity contribution in [3.63, 3.8) is 0 Å². The molecule has 0 saturated heterocycles. The molecule has 0 fully saturated rings. The SMILES string of the molecule is CCn1cc(Cl)c(C(=O)Nc2ccc(NC(C)=O)cc2)n1. The molecule has 0 bridgehead atoms. The summed E-state index contributed by atoms with van der Waals surface area (Å²) in [5.41, 5.74) is 1.44. The number of aromatic nitrogens is 2. The maximum absolute atomic E-state index is 12.1. The van der Waals surface area contributed by atoms with E-state index in [9.17, 15) is 9.59 Å². The molecule has 21 heavy (non-hydrogen) atoms. The van der Waals surface area contributed by atoms with Gasteiger partial charge in [0.2, 0.25) is 5.91 Å². The molecule has 0 saturated carbocycles. The zero-order valence-corrected chi connectivity index (χ0v) is 12.4. The van der Waals surface area contributed by atoms with Crippen molar-refractivity contribution < 1.29 is 9.59 Å². The van der Waals surface area contributed by atoms with Crippen LogP contribution in [0.1, 0.15) is 24.3 Å². The van der Waals surface area contributed by atoms with Gasteiger partial charge in [-0.2, -0.15) is 5.10 Å². The highest BCUT2D eigenvalue weighted by Gasteiger charge is 2.15. The molecule has 2 aromatic rings. The summed E-state index contributed by atoms with van der Waals surface area (Å²) in [5, 5.41) is 9.76. The van der Waals surface area contributed by atoms with Gasteiger partial charge in [0.25, 0.3) is 5.91 Å². The maximum Gasteiger partial charge on any atom is 0.277 e. The second-order valence-electron chi connectivity index (χ2n) is 4.39. The predicted octanol–water partition coefficient (Wildman–Crippen LogP) is 2.77. The van der Waals surface area contributed by atoms with E-state index >= 15 is 0 Å². The first-order valence-electron chi connectivity index (χ1n) is 6.41. The molecule has 0 radical (unpaired) electrons. The van der Waals surface area contributed by atoms with Gasteiger partial charge in [-0.05, 0) is 31.2 Å². The van der Waals surface area contributed by atoms with E-state index in [4.69, 9.17) is 11.6 Å². The zero-order chi connectivity index (χ0) is 15.4. The summed E-state index contributed by atoms with van der Waals surface area (Å²) in [6.45, 7) is 3.98. The lowest BCUT2D eigenvalue weighted by atomic mass is 10.2. The van der Waals surface area contributed by atoms with Gasteiger partial charge in [-0.1, -0.05) is 11.6 Å². The number of hydrogen-bond acceptors (Lipinski definition) is 3. The number of hydrogen-bond donors (Lipinski definition) is 2. The van der Waals surface area contributed by atoms with Crippen LogP contribution in [0.15, 0.2) is 30.5 Å². The number of amides is 2. The lowest BCUT2D eigenvalue weighted by Crippen LogP contribution is -2.14. The topological polar surface area (TPSA) is 76.0 Å². The van der Waals surface area contributed by atoms with Gasteiger partial charge in [-0.3, -0.25) is 14.3 Å². The van der Waals surface area contributed by atoms with Crippen LogP contribution < -0.4 is 10.6 Å². The van der Waals surface area contributed by atoms with E-state index in [1.54, 1.807) is 35.1 Å². The fraction of sp³-hybridized carbons (Fsp3) is 0.214. The number of nitrogens with one attached hydrogen (secondary N) is 2. The number of carbonyl (C=O) groups excluding carboxylic acids is 2. The third kappa shape index (κ3) is 3.82. The third-order valence-corrected chi connectivity index (χ3v) is 3.00. The van der Waals surface area contributed by atoms with E-state index < -0.39 is 0 Å². The van der Waals surface area contributed by atoms with Gasteiger partial charge in [0.1, 0.15) is 0 Å². The first-order chi connectivity index (χ1) is 9.99. The van der Waals surface area contributed by atoms with Crippen LogP contribution in [-0.4, -0.2) is 21.6 Å². The molecule has 2 amide bonds. The molecule has 0 aliphatic carbocycles. The first-order valence-corrected chi connectivity index (χ1v) is 6.79. The van der Waals surface area contributed by atoms with E-state index in [0.717, 1.165) is 0 Å². The van der Waals surface area contributed by atoms with E-state index in [0.29, 0.717) is 22.9 Å². The largest absolute Gasteiger partial charge is 0.326 e. The van der Waals surface area contributed by atoms with Gasteiger partial charge >= 0.3 is 0 Å². The van der Waals surface area contributed by atoms with Crippen LogP contribution in [-0.2, 0) is 11.3 Å². The van der Waals surface area contributed by atoms with Crippen molar-refractivity contribution >= 4 is 34.8 Å². The number of nitrogens with zero attached hydrogens (tertiary/aromatic N) is 2. The minimum absolute atomic E-state index is 0.149. The highest BCUT2D eigenvalue weighted by molar-refractivity contribution is 6.34. The third-order valence-electron chi connectivity index (χ3n) is 2.72. The highest BCUT2D eigenvalue weighted by atomic mass is 35.5. The number of carbonyl (C=O) groups is 2. The van der Waals surface area contributed by atoms with E-state index in [1.807, 2.05) is 6.92 Å². The Kier molecular flexibility index (Phi) is 4.59. The van der Waals surface area contributed by atoms with Crippen LogP contribution in [0, 0.1) is 0 Å². The summed E-state index contributed by atoms with van der Waals surface area (Å²) in [4.78, 5) is 23.0. The zero-order valence-electron chi connectivity index (χ0n) is 11.7. The highest BCUT2D eigenvalue weighted by Crippen LogP contribution is 2.18. The van der Waals surface area contributed by atoms with Gasteiger partial charge < -0.3 is 10.6 Å². The Balaban J connectivity index is 2.08. The number of halogens is 1. The molecule has 1 aromatic carbocycles. The van der Waals surface area contributed by atoms with Crippen LogP contribution >= 0.6 is 11.6 Å². The summed E-state index contributed by atoms with van der Waals surface area (Å²) in [6.07, 6.45) is 1.61. The summed E-state index contributed by atoms with van der Waals surface area (Å²) in [5.74, 6) is -0.525. The van der Waals surface area contributed by atoms with Crippen LogP contribution in [0.5, 0.6) is 0 Å². The summed E-state index contributed by atoms with van der Waals surface area (Å²) >= 11 is 5.98. The lowest BCUT2D eigenvalue weighted by Gasteiger charge is -2.06. The van der Waals surface area contributed by atoms with Gasteiger partial charge in [0.15, 0.2) is 5.69 Å². The molecule has 0 aliphatic heterocycles. The fourth-order valence-corrected chi connectivity index (χ4v) is 1.98. The van der Waals surface area contributed by atoms with Gasteiger partial charge in [0.05, 0.1) is 5.02 Å². The molecule has 0 atom stereocenters. The molecule has 1 heterocycles. The van der Waals surface area contributed by atoms with E-state index in [-0.39, 0.29) is 17.5 Å². The molecule has 0 aliphatic rings.